The summed E-state index contributed by atoms with van der Waals surface area (Å²) in [5.41, 5.74) is 2.85. The predicted octanol–water partition coefficient (Wildman–Crippen LogP) is 4.26. The van der Waals surface area contributed by atoms with Crippen LogP contribution >= 0.6 is 0 Å². The number of benzene rings is 1. The van der Waals surface area contributed by atoms with Gasteiger partial charge in [0.05, 0.1) is 5.60 Å². The topological polar surface area (TPSA) is 21.3 Å². The van der Waals surface area contributed by atoms with Crippen molar-refractivity contribution >= 4 is 0 Å². The molecular weight excluding hydrogens is 258 g/mol. The average molecular weight is 289 g/mol. The molecule has 1 aromatic rings. The lowest BCUT2D eigenvalue weighted by Crippen LogP contribution is -2.53. The van der Waals surface area contributed by atoms with Crippen molar-refractivity contribution in [3.63, 3.8) is 0 Å². The van der Waals surface area contributed by atoms with Gasteiger partial charge in [-0.15, -0.1) is 0 Å². The van der Waals surface area contributed by atoms with Crippen molar-refractivity contribution < 1.29 is 4.74 Å². The van der Waals surface area contributed by atoms with E-state index in [-0.39, 0.29) is 5.60 Å². The summed E-state index contributed by atoms with van der Waals surface area (Å²) < 4.78 is 6.12. The van der Waals surface area contributed by atoms with E-state index in [4.69, 9.17) is 4.74 Å². The summed E-state index contributed by atoms with van der Waals surface area (Å²) in [6, 6.07) is 9.16. The highest BCUT2D eigenvalue weighted by Crippen LogP contribution is 2.34. The zero-order valence-electron chi connectivity index (χ0n) is 14.0. The highest BCUT2D eigenvalue weighted by Gasteiger charge is 2.38. The molecule has 2 nitrogen and oxygen atoms in total. The standard InChI is InChI=1S/C19H31NO/c1-4-20-18(15-17-12-8-7-11-16(17)2)19(21-3)13-9-5-6-10-14-19/h7-8,11-12,18,20H,4-6,9-10,13-15H2,1-3H3. The minimum Gasteiger partial charge on any atom is -0.377 e. The number of nitrogens with one attached hydrogen (secondary N) is 1. The molecule has 0 amide bonds. The van der Waals surface area contributed by atoms with Crippen molar-refractivity contribution in [3.8, 4) is 0 Å². The summed E-state index contributed by atoms with van der Waals surface area (Å²) >= 11 is 0. The smallest absolute Gasteiger partial charge is 0.0834 e. The van der Waals surface area contributed by atoms with Crippen LogP contribution in [0.15, 0.2) is 24.3 Å². The number of hydrogen-bond acceptors (Lipinski definition) is 2. The van der Waals surface area contributed by atoms with Crippen LogP contribution in [-0.4, -0.2) is 25.3 Å². The van der Waals surface area contributed by atoms with E-state index in [1.165, 1.54) is 49.7 Å². The fourth-order valence-corrected chi connectivity index (χ4v) is 3.77. The van der Waals surface area contributed by atoms with Gasteiger partial charge in [0.15, 0.2) is 0 Å². The monoisotopic (exact) mass is 289 g/mol. The molecule has 0 saturated heterocycles. The van der Waals surface area contributed by atoms with Crippen LogP contribution in [0.25, 0.3) is 0 Å². The summed E-state index contributed by atoms with van der Waals surface area (Å²) in [5.74, 6) is 0. The molecule has 1 N–H and O–H groups in total. The zero-order valence-corrected chi connectivity index (χ0v) is 14.0. The van der Waals surface area contributed by atoms with Crippen LogP contribution in [0.2, 0.25) is 0 Å². The normalized spacial score (nSPS) is 20.0. The first-order chi connectivity index (χ1) is 10.2. The molecule has 1 fully saturated rings. The molecule has 21 heavy (non-hydrogen) atoms. The summed E-state index contributed by atoms with van der Waals surface area (Å²) in [7, 11) is 1.91. The van der Waals surface area contributed by atoms with Crippen LogP contribution in [0.3, 0.4) is 0 Å². The third-order valence-corrected chi connectivity index (χ3v) is 5.13. The zero-order chi connectivity index (χ0) is 15.1. The molecule has 0 spiro atoms. The third-order valence-electron chi connectivity index (χ3n) is 5.13. The number of ether oxygens (including phenoxy) is 1. The predicted molar refractivity (Wildman–Crippen MR) is 89.8 cm³/mol. The van der Waals surface area contributed by atoms with Crippen LogP contribution < -0.4 is 5.32 Å². The molecule has 1 unspecified atom stereocenters. The summed E-state index contributed by atoms with van der Waals surface area (Å²) in [5, 5.41) is 3.72. The Kier molecular flexibility index (Phi) is 6.25. The maximum Gasteiger partial charge on any atom is 0.0834 e. The van der Waals surface area contributed by atoms with Crippen molar-refractivity contribution in [2.45, 2.75) is 70.4 Å². The molecule has 0 aromatic heterocycles. The van der Waals surface area contributed by atoms with Gasteiger partial charge >= 0.3 is 0 Å². The summed E-state index contributed by atoms with van der Waals surface area (Å²) in [4.78, 5) is 0. The van der Waals surface area contributed by atoms with E-state index in [9.17, 15) is 0 Å². The van der Waals surface area contributed by atoms with Gasteiger partial charge in [0.25, 0.3) is 0 Å². The largest absolute Gasteiger partial charge is 0.377 e. The molecular formula is C19H31NO. The fourth-order valence-electron chi connectivity index (χ4n) is 3.77. The molecule has 0 heterocycles. The average Bonchev–Trinajstić information content (AvgIpc) is 2.75. The number of methoxy groups -OCH3 is 1. The fraction of sp³-hybridized carbons (Fsp3) is 0.684. The van der Waals surface area contributed by atoms with Crippen LogP contribution in [-0.2, 0) is 11.2 Å². The van der Waals surface area contributed by atoms with Gasteiger partial charge in [0.2, 0.25) is 0 Å². The maximum atomic E-state index is 6.12. The van der Waals surface area contributed by atoms with Gasteiger partial charge in [-0.1, -0.05) is 56.9 Å². The highest BCUT2D eigenvalue weighted by atomic mass is 16.5. The van der Waals surface area contributed by atoms with Crippen molar-refractivity contribution in [2.24, 2.45) is 0 Å². The Morgan fingerprint density at radius 3 is 2.38 bits per heavy atom. The lowest BCUT2D eigenvalue weighted by molar-refractivity contribution is -0.0523. The molecule has 118 valence electrons. The minimum absolute atomic E-state index is 0.00872. The highest BCUT2D eigenvalue weighted by molar-refractivity contribution is 5.27. The molecule has 0 radical (unpaired) electrons. The van der Waals surface area contributed by atoms with Crippen molar-refractivity contribution in [2.75, 3.05) is 13.7 Å². The van der Waals surface area contributed by atoms with Gasteiger partial charge in [-0.2, -0.15) is 0 Å². The van der Waals surface area contributed by atoms with E-state index in [0.717, 1.165) is 13.0 Å². The van der Waals surface area contributed by atoms with Crippen LogP contribution in [0.4, 0.5) is 0 Å². The minimum atomic E-state index is 0.00872. The number of likely N-dealkylation sites (N-methyl/N-ethyl adjacent to an activating group) is 1. The van der Waals surface area contributed by atoms with Gasteiger partial charge in [-0.3, -0.25) is 0 Å². The quantitative estimate of drug-likeness (QED) is 0.790. The van der Waals surface area contributed by atoms with Crippen LogP contribution in [0.1, 0.15) is 56.6 Å². The molecule has 1 aromatic carbocycles. The van der Waals surface area contributed by atoms with Crippen molar-refractivity contribution in [1.29, 1.82) is 0 Å². The van der Waals surface area contributed by atoms with Gasteiger partial charge in [0, 0.05) is 13.2 Å². The lowest BCUT2D eigenvalue weighted by Gasteiger charge is -2.40. The second-order valence-electron chi connectivity index (χ2n) is 6.42. The Balaban J connectivity index is 2.21. The molecule has 1 aliphatic rings. The number of hydrogen-bond donors (Lipinski definition) is 1. The summed E-state index contributed by atoms with van der Waals surface area (Å²) in [6.45, 7) is 5.41. The molecule has 2 heteroatoms. The van der Waals surface area contributed by atoms with Gasteiger partial charge in [-0.05, 0) is 43.9 Å². The van der Waals surface area contributed by atoms with Crippen molar-refractivity contribution in [1.82, 2.24) is 5.32 Å². The maximum absolute atomic E-state index is 6.12. The van der Waals surface area contributed by atoms with E-state index in [0.29, 0.717) is 6.04 Å². The molecule has 2 rings (SSSR count). The van der Waals surface area contributed by atoms with E-state index in [2.05, 4.69) is 43.4 Å². The Morgan fingerprint density at radius 1 is 1.14 bits per heavy atom. The first-order valence-corrected chi connectivity index (χ1v) is 8.55. The van der Waals surface area contributed by atoms with E-state index in [1.807, 2.05) is 7.11 Å². The van der Waals surface area contributed by atoms with Crippen LogP contribution in [0.5, 0.6) is 0 Å². The first kappa shape index (κ1) is 16.5. The Hall–Kier alpha value is -0.860. The van der Waals surface area contributed by atoms with Gasteiger partial charge in [-0.25, -0.2) is 0 Å². The molecule has 0 bridgehead atoms. The number of rotatable bonds is 6. The van der Waals surface area contributed by atoms with E-state index < -0.39 is 0 Å². The van der Waals surface area contributed by atoms with E-state index in [1.54, 1.807) is 0 Å². The summed E-state index contributed by atoms with van der Waals surface area (Å²) in [6.07, 6.45) is 8.74. The first-order valence-electron chi connectivity index (χ1n) is 8.55. The SMILES string of the molecule is CCNC(Cc1ccccc1C)C1(OC)CCCCCC1. The van der Waals surface area contributed by atoms with Crippen molar-refractivity contribution in [3.05, 3.63) is 35.4 Å². The van der Waals surface area contributed by atoms with E-state index >= 15 is 0 Å². The second-order valence-corrected chi connectivity index (χ2v) is 6.42. The van der Waals surface area contributed by atoms with Gasteiger partial charge < -0.3 is 10.1 Å². The molecule has 1 saturated carbocycles. The molecule has 0 aliphatic heterocycles. The lowest BCUT2D eigenvalue weighted by atomic mass is 9.82. The van der Waals surface area contributed by atoms with Crippen LogP contribution in [0, 0.1) is 6.92 Å². The molecule has 1 atom stereocenters. The number of aryl methyl sites for hydroxylation is 1. The Bertz CT molecular complexity index is 421. The second kappa shape index (κ2) is 7.95. The Labute approximate surface area is 130 Å². The molecule has 1 aliphatic carbocycles. The Morgan fingerprint density at radius 2 is 1.81 bits per heavy atom. The van der Waals surface area contributed by atoms with Gasteiger partial charge in [0.1, 0.15) is 0 Å². The third kappa shape index (κ3) is 4.08.